The first kappa shape index (κ1) is 10.5. The number of aromatic amines is 1. The number of aromatic nitrogens is 1. The van der Waals surface area contributed by atoms with E-state index in [1.807, 2.05) is 0 Å². The standard InChI is InChI=1S/C10H7F3N2O/c1-3-6(10(14)16)7-5(15-3)2-4(11)8(12)9(7)13/h2,15H,1H3,(H2,14,16). The number of amides is 1. The Balaban J connectivity index is 2.98. The van der Waals surface area contributed by atoms with Crippen LogP contribution in [0.15, 0.2) is 6.07 Å². The lowest BCUT2D eigenvalue weighted by Crippen LogP contribution is -2.12. The van der Waals surface area contributed by atoms with Crippen LogP contribution < -0.4 is 5.73 Å². The predicted molar refractivity (Wildman–Crippen MR) is 51.4 cm³/mol. The first-order chi connectivity index (χ1) is 7.43. The number of aryl methyl sites for hydroxylation is 1. The van der Waals surface area contributed by atoms with Crippen molar-refractivity contribution in [2.75, 3.05) is 0 Å². The summed E-state index contributed by atoms with van der Waals surface area (Å²) in [5.41, 5.74) is 5.15. The molecule has 0 aliphatic carbocycles. The number of nitrogens with one attached hydrogen (secondary N) is 1. The van der Waals surface area contributed by atoms with Gasteiger partial charge in [-0.25, -0.2) is 13.2 Å². The van der Waals surface area contributed by atoms with E-state index in [1.165, 1.54) is 6.92 Å². The molecule has 1 heterocycles. The van der Waals surface area contributed by atoms with Crippen molar-refractivity contribution in [3.63, 3.8) is 0 Å². The first-order valence-electron chi connectivity index (χ1n) is 4.39. The summed E-state index contributed by atoms with van der Waals surface area (Å²) in [4.78, 5) is 13.6. The van der Waals surface area contributed by atoms with Crippen LogP contribution in [0.2, 0.25) is 0 Å². The lowest BCUT2D eigenvalue weighted by molar-refractivity contribution is 0.100. The SMILES string of the molecule is Cc1[nH]c2cc(F)c(F)c(F)c2c1C(N)=O. The van der Waals surface area contributed by atoms with Gasteiger partial charge in [-0.3, -0.25) is 4.79 Å². The zero-order valence-electron chi connectivity index (χ0n) is 8.20. The van der Waals surface area contributed by atoms with Crippen LogP contribution in [-0.2, 0) is 0 Å². The van der Waals surface area contributed by atoms with Crippen LogP contribution in [0.5, 0.6) is 0 Å². The molecule has 6 heteroatoms. The highest BCUT2D eigenvalue weighted by molar-refractivity contribution is 6.07. The van der Waals surface area contributed by atoms with Gasteiger partial charge in [-0.1, -0.05) is 0 Å². The highest BCUT2D eigenvalue weighted by atomic mass is 19.2. The summed E-state index contributed by atoms with van der Waals surface area (Å²) < 4.78 is 39.3. The Bertz CT molecular complexity index is 604. The fraction of sp³-hybridized carbons (Fsp3) is 0.100. The predicted octanol–water partition coefficient (Wildman–Crippen LogP) is 1.99. The van der Waals surface area contributed by atoms with Crippen molar-refractivity contribution in [1.82, 2.24) is 4.98 Å². The van der Waals surface area contributed by atoms with E-state index in [1.54, 1.807) is 0 Å². The van der Waals surface area contributed by atoms with Crippen LogP contribution in [0.25, 0.3) is 10.9 Å². The molecule has 0 spiro atoms. The third-order valence-corrected chi connectivity index (χ3v) is 2.36. The summed E-state index contributed by atoms with van der Waals surface area (Å²) in [7, 11) is 0. The summed E-state index contributed by atoms with van der Waals surface area (Å²) in [6.07, 6.45) is 0. The van der Waals surface area contributed by atoms with E-state index in [4.69, 9.17) is 5.73 Å². The molecule has 0 fully saturated rings. The van der Waals surface area contributed by atoms with E-state index >= 15 is 0 Å². The molecule has 0 saturated heterocycles. The van der Waals surface area contributed by atoms with Crippen molar-refractivity contribution in [3.8, 4) is 0 Å². The minimum atomic E-state index is -1.62. The normalized spacial score (nSPS) is 11.0. The van der Waals surface area contributed by atoms with Gasteiger partial charge in [-0.05, 0) is 6.92 Å². The van der Waals surface area contributed by atoms with Gasteiger partial charge in [0, 0.05) is 11.8 Å². The van der Waals surface area contributed by atoms with Gasteiger partial charge < -0.3 is 10.7 Å². The smallest absolute Gasteiger partial charge is 0.251 e. The highest BCUT2D eigenvalue weighted by Gasteiger charge is 2.22. The van der Waals surface area contributed by atoms with E-state index in [9.17, 15) is 18.0 Å². The average molecular weight is 228 g/mol. The number of fused-ring (bicyclic) bond motifs is 1. The number of carbonyl (C=O) groups excluding carboxylic acids is 1. The van der Waals surface area contributed by atoms with E-state index in [0.717, 1.165) is 6.07 Å². The van der Waals surface area contributed by atoms with Crippen molar-refractivity contribution >= 4 is 16.8 Å². The van der Waals surface area contributed by atoms with Crippen molar-refractivity contribution in [2.24, 2.45) is 5.73 Å². The van der Waals surface area contributed by atoms with Crippen LogP contribution in [0, 0.1) is 24.4 Å². The summed E-state index contributed by atoms with van der Waals surface area (Å²) in [5, 5.41) is -0.316. The Morgan fingerprint density at radius 2 is 1.94 bits per heavy atom. The third-order valence-electron chi connectivity index (χ3n) is 2.36. The van der Waals surface area contributed by atoms with E-state index in [-0.39, 0.29) is 22.2 Å². The number of halogens is 3. The lowest BCUT2D eigenvalue weighted by Gasteiger charge is -1.99. The molecule has 3 nitrogen and oxygen atoms in total. The summed E-state index contributed by atoms with van der Waals surface area (Å²) in [6, 6.07) is 0.785. The van der Waals surface area contributed by atoms with Gasteiger partial charge in [0.2, 0.25) is 0 Å². The number of hydrogen-bond donors (Lipinski definition) is 2. The van der Waals surface area contributed by atoms with Crippen molar-refractivity contribution in [1.29, 1.82) is 0 Å². The second kappa shape index (κ2) is 3.26. The van der Waals surface area contributed by atoms with Crippen LogP contribution in [0.3, 0.4) is 0 Å². The zero-order valence-corrected chi connectivity index (χ0v) is 8.20. The molecule has 0 aliphatic rings. The molecule has 0 saturated carbocycles. The summed E-state index contributed by atoms with van der Waals surface area (Å²) in [6.45, 7) is 1.47. The molecule has 84 valence electrons. The Morgan fingerprint density at radius 3 is 2.50 bits per heavy atom. The molecule has 3 N–H and O–H groups in total. The van der Waals surface area contributed by atoms with Crippen LogP contribution in [0.4, 0.5) is 13.2 Å². The highest BCUT2D eigenvalue weighted by Crippen LogP contribution is 2.27. The minimum absolute atomic E-state index is 0.00250. The monoisotopic (exact) mass is 228 g/mol. The third kappa shape index (κ3) is 1.26. The van der Waals surface area contributed by atoms with Gasteiger partial charge in [0.1, 0.15) is 0 Å². The number of hydrogen-bond acceptors (Lipinski definition) is 1. The molecule has 1 aromatic carbocycles. The van der Waals surface area contributed by atoms with Gasteiger partial charge >= 0.3 is 0 Å². The Kier molecular flexibility index (Phi) is 2.15. The molecule has 0 bridgehead atoms. The van der Waals surface area contributed by atoms with Crippen LogP contribution in [-0.4, -0.2) is 10.9 Å². The van der Waals surface area contributed by atoms with Crippen molar-refractivity contribution < 1.29 is 18.0 Å². The number of primary amides is 1. The van der Waals surface area contributed by atoms with Gasteiger partial charge in [0.15, 0.2) is 17.5 Å². The fourth-order valence-electron chi connectivity index (χ4n) is 1.70. The largest absolute Gasteiger partial charge is 0.366 e. The minimum Gasteiger partial charge on any atom is -0.366 e. The van der Waals surface area contributed by atoms with Crippen LogP contribution in [0.1, 0.15) is 16.1 Å². The molecule has 1 amide bonds. The van der Waals surface area contributed by atoms with Gasteiger partial charge in [-0.2, -0.15) is 0 Å². The molecule has 2 rings (SSSR count). The average Bonchev–Trinajstić information content (AvgIpc) is 2.51. The Hall–Kier alpha value is -1.98. The number of rotatable bonds is 1. The number of nitrogens with two attached hydrogens (primary N) is 1. The molecular formula is C10H7F3N2O. The maximum Gasteiger partial charge on any atom is 0.251 e. The van der Waals surface area contributed by atoms with Crippen LogP contribution >= 0.6 is 0 Å². The van der Waals surface area contributed by atoms with E-state index in [2.05, 4.69) is 4.98 Å². The Morgan fingerprint density at radius 1 is 1.31 bits per heavy atom. The maximum atomic E-state index is 13.5. The first-order valence-corrected chi connectivity index (χ1v) is 4.39. The number of H-pyrrole nitrogens is 1. The number of carbonyl (C=O) groups is 1. The molecule has 0 radical (unpaired) electrons. The molecule has 0 aliphatic heterocycles. The Labute approximate surface area is 88.1 Å². The summed E-state index contributed by atoms with van der Waals surface area (Å²) in [5.74, 6) is -5.24. The van der Waals surface area contributed by atoms with E-state index in [0.29, 0.717) is 0 Å². The van der Waals surface area contributed by atoms with Gasteiger partial charge in [-0.15, -0.1) is 0 Å². The summed E-state index contributed by atoms with van der Waals surface area (Å²) >= 11 is 0. The fourth-order valence-corrected chi connectivity index (χ4v) is 1.70. The quantitative estimate of drug-likeness (QED) is 0.720. The maximum absolute atomic E-state index is 13.5. The number of benzene rings is 1. The second-order valence-corrected chi connectivity index (χ2v) is 3.40. The molecular weight excluding hydrogens is 221 g/mol. The molecule has 0 unspecified atom stereocenters. The second-order valence-electron chi connectivity index (χ2n) is 3.40. The van der Waals surface area contributed by atoms with E-state index < -0.39 is 23.4 Å². The van der Waals surface area contributed by atoms with Crippen molar-refractivity contribution in [3.05, 3.63) is 34.8 Å². The van der Waals surface area contributed by atoms with Gasteiger partial charge in [0.25, 0.3) is 5.91 Å². The van der Waals surface area contributed by atoms with Gasteiger partial charge in [0.05, 0.1) is 16.5 Å². The molecule has 1 aromatic heterocycles. The molecule has 16 heavy (non-hydrogen) atoms. The lowest BCUT2D eigenvalue weighted by atomic mass is 10.1. The molecule has 0 atom stereocenters. The van der Waals surface area contributed by atoms with Crippen molar-refractivity contribution in [2.45, 2.75) is 6.92 Å². The zero-order chi connectivity index (χ0) is 12.0. The topological polar surface area (TPSA) is 58.9 Å². The molecule has 2 aromatic rings.